The summed E-state index contributed by atoms with van der Waals surface area (Å²) in [5, 5.41) is 5.73. The molecule has 1 amide bonds. The van der Waals surface area contributed by atoms with Crippen LogP contribution in [0.5, 0.6) is 11.5 Å². The highest BCUT2D eigenvalue weighted by Gasteiger charge is 2.20. The lowest BCUT2D eigenvalue weighted by Crippen LogP contribution is -2.42. The van der Waals surface area contributed by atoms with E-state index in [0.717, 1.165) is 8.87 Å². The van der Waals surface area contributed by atoms with Crippen LogP contribution in [0.15, 0.2) is 112 Å². The SMILES string of the molecule is CC(C)n1cc(C(=O)Nc2ccc(Oc3ccnc(Nc4ccc(S(=O)(=O)N(C)C)cn4)c3)cc2)c(=O)n(-c2ccccc2)c1=O. The highest BCUT2D eigenvalue weighted by molar-refractivity contribution is 7.89. The Kier molecular flexibility index (Phi) is 9.11. The molecule has 0 aliphatic heterocycles. The summed E-state index contributed by atoms with van der Waals surface area (Å²) in [4.78, 5) is 48.1. The van der Waals surface area contributed by atoms with Crippen LogP contribution < -0.4 is 26.6 Å². The molecular weight excluding hydrogens is 610 g/mol. The highest BCUT2D eigenvalue weighted by atomic mass is 32.2. The van der Waals surface area contributed by atoms with E-state index in [9.17, 15) is 22.8 Å². The number of nitrogens with one attached hydrogen (secondary N) is 2. The van der Waals surface area contributed by atoms with Gasteiger partial charge >= 0.3 is 5.69 Å². The second-order valence-electron chi connectivity index (χ2n) is 10.6. The molecule has 0 unspecified atom stereocenters. The number of benzene rings is 2. The lowest BCUT2D eigenvalue weighted by molar-refractivity contribution is 0.102. The van der Waals surface area contributed by atoms with Crippen molar-refractivity contribution in [1.29, 1.82) is 0 Å². The maximum atomic E-state index is 13.3. The number of ether oxygens (including phenoxy) is 1. The fourth-order valence-electron chi connectivity index (χ4n) is 4.34. The summed E-state index contributed by atoms with van der Waals surface area (Å²) >= 11 is 0. The van der Waals surface area contributed by atoms with Crippen LogP contribution in [-0.4, -0.2) is 51.8 Å². The largest absolute Gasteiger partial charge is 0.457 e. The predicted molar refractivity (Wildman–Crippen MR) is 174 cm³/mol. The first-order valence-electron chi connectivity index (χ1n) is 14.1. The van der Waals surface area contributed by atoms with Crippen LogP contribution >= 0.6 is 0 Å². The van der Waals surface area contributed by atoms with E-state index in [2.05, 4.69) is 20.6 Å². The molecule has 0 atom stereocenters. The van der Waals surface area contributed by atoms with Crippen molar-refractivity contribution in [2.24, 2.45) is 0 Å². The molecule has 0 radical (unpaired) electrons. The van der Waals surface area contributed by atoms with Crippen molar-refractivity contribution in [2.45, 2.75) is 24.8 Å². The average Bonchev–Trinajstić information content (AvgIpc) is 3.03. The molecule has 236 valence electrons. The normalized spacial score (nSPS) is 11.4. The van der Waals surface area contributed by atoms with Crippen LogP contribution in [-0.2, 0) is 10.0 Å². The molecule has 0 aliphatic carbocycles. The zero-order valence-electron chi connectivity index (χ0n) is 25.4. The Balaban J connectivity index is 1.29. The minimum Gasteiger partial charge on any atom is -0.457 e. The Labute approximate surface area is 264 Å². The summed E-state index contributed by atoms with van der Waals surface area (Å²) in [5.41, 5.74) is -0.672. The van der Waals surface area contributed by atoms with Gasteiger partial charge in [-0.2, -0.15) is 0 Å². The monoisotopic (exact) mass is 641 g/mol. The van der Waals surface area contributed by atoms with E-state index in [4.69, 9.17) is 4.74 Å². The topological polar surface area (TPSA) is 158 Å². The van der Waals surface area contributed by atoms with E-state index < -0.39 is 27.2 Å². The Morgan fingerprint density at radius 2 is 1.61 bits per heavy atom. The first-order chi connectivity index (χ1) is 21.9. The molecule has 0 spiro atoms. The lowest BCUT2D eigenvalue weighted by atomic mass is 10.2. The summed E-state index contributed by atoms with van der Waals surface area (Å²) < 4.78 is 33.9. The second-order valence-corrected chi connectivity index (χ2v) is 12.7. The van der Waals surface area contributed by atoms with Crippen LogP contribution in [0.3, 0.4) is 0 Å². The van der Waals surface area contributed by atoms with Gasteiger partial charge in [-0.3, -0.25) is 14.2 Å². The molecule has 5 rings (SSSR count). The van der Waals surface area contributed by atoms with Crippen molar-refractivity contribution in [3.05, 3.63) is 124 Å². The zero-order chi connectivity index (χ0) is 33.0. The predicted octanol–water partition coefficient (Wildman–Crippen LogP) is 4.41. The van der Waals surface area contributed by atoms with Gasteiger partial charge in [0, 0.05) is 50.5 Å². The standard InChI is InChI=1S/C32H31N7O6S/c1-21(2)38-20-27(31(41)39(32(38)42)23-8-6-5-7-9-23)30(40)35-22-10-12-24(13-11-22)45-25-16-17-33-29(18-25)36-28-15-14-26(19-34-28)46(43,44)37(3)4/h5-21H,1-4H3,(H,35,40)(H,33,34,36). The van der Waals surface area contributed by atoms with Crippen LogP contribution in [0.4, 0.5) is 17.3 Å². The van der Waals surface area contributed by atoms with E-state index in [1.807, 2.05) is 0 Å². The molecule has 0 aliphatic rings. The molecule has 3 aromatic heterocycles. The number of nitrogens with zero attached hydrogens (tertiary/aromatic N) is 5. The molecule has 46 heavy (non-hydrogen) atoms. The number of carbonyl (C=O) groups excluding carboxylic acids is 1. The van der Waals surface area contributed by atoms with E-state index in [0.29, 0.717) is 34.5 Å². The van der Waals surface area contributed by atoms with Crippen LogP contribution in [0.2, 0.25) is 0 Å². The van der Waals surface area contributed by atoms with Gasteiger partial charge in [-0.1, -0.05) is 18.2 Å². The number of para-hydroxylation sites is 1. The van der Waals surface area contributed by atoms with Gasteiger partial charge in [0.2, 0.25) is 10.0 Å². The zero-order valence-corrected chi connectivity index (χ0v) is 26.2. The van der Waals surface area contributed by atoms with Crippen LogP contribution in [0, 0.1) is 0 Å². The molecule has 0 fully saturated rings. The maximum absolute atomic E-state index is 13.3. The van der Waals surface area contributed by atoms with Gasteiger partial charge in [0.15, 0.2) is 0 Å². The first kappa shape index (κ1) is 31.8. The van der Waals surface area contributed by atoms with Crippen molar-refractivity contribution < 1.29 is 17.9 Å². The Morgan fingerprint density at radius 1 is 0.891 bits per heavy atom. The van der Waals surface area contributed by atoms with E-state index in [1.165, 1.54) is 49.4 Å². The van der Waals surface area contributed by atoms with Crippen LogP contribution in [0.25, 0.3) is 5.69 Å². The second kappa shape index (κ2) is 13.2. The smallest absolute Gasteiger partial charge is 0.335 e. The number of aromatic nitrogens is 4. The minimum atomic E-state index is -3.60. The van der Waals surface area contributed by atoms with Gasteiger partial charge in [-0.15, -0.1) is 0 Å². The lowest BCUT2D eigenvalue weighted by Gasteiger charge is -2.15. The fourth-order valence-corrected chi connectivity index (χ4v) is 5.18. The first-order valence-corrected chi connectivity index (χ1v) is 15.5. The Hall–Kier alpha value is -5.60. The summed E-state index contributed by atoms with van der Waals surface area (Å²) in [5.74, 6) is 1.07. The van der Waals surface area contributed by atoms with Crippen molar-refractivity contribution >= 4 is 33.3 Å². The van der Waals surface area contributed by atoms with Gasteiger partial charge in [0.25, 0.3) is 11.5 Å². The van der Waals surface area contributed by atoms with Gasteiger partial charge in [0.05, 0.1) is 5.69 Å². The third-order valence-corrected chi connectivity index (χ3v) is 8.58. The summed E-state index contributed by atoms with van der Waals surface area (Å²) in [6, 6.07) is 21.0. The molecule has 0 saturated heterocycles. The fraction of sp³-hybridized carbons (Fsp3) is 0.156. The minimum absolute atomic E-state index is 0.0663. The van der Waals surface area contributed by atoms with Crippen molar-refractivity contribution in [3.63, 3.8) is 0 Å². The Bertz CT molecular complexity index is 2090. The van der Waals surface area contributed by atoms with E-state index >= 15 is 0 Å². The Morgan fingerprint density at radius 3 is 2.24 bits per heavy atom. The van der Waals surface area contributed by atoms with Crippen molar-refractivity contribution in [3.8, 4) is 17.2 Å². The van der Waals surface area contributed by atoms with Crippen molar-refractivity contribution in [1.82, 2.24) is 23.4 Å². The number of carbonyl (C=O) groups is 1. The average molecular weight is 642 g/mol. The van der Waals surface area contributed by atoms with Gasteiger partial charge in [0.1, 0.15) is 33.6 Å². The number of hydrogen-bond donors (Lipinski definition) is 2. The van der Waals surface area contributed by atoms with Crippen molar-refractivity contribution in [2.75, 3.05) is 24.7 Å². The van der Waals surface area contributed by atoms with E-state index in [1.54, 1.807) is 80.6 Å². The molecule has 2 aromatic carbocycles. The molecule has 5 aromatic rings. The molecule has 3 heterocycles. The molecule has 14 heteroatoms. The molecule has 2 N–H and O–H groups in total. The number of rotatable bonds is 10. The molecule has 0 saturated carbocycles. The summed E-state index contributed by atoms with van der Waals surface area (Å²) in [6.07, 6.45) is 4.08. The molecule has 0 bridgehead atoms. The highest BCUT2D eigenvalue weighted by Crippen LogP contribution is 2.26. The van der Waals surface area contributed by atoms with Gasteiger partial charge in [-0.05, 0) is 68.4 Å². The van der Waals surface area contributed by atoms with E-state index in [-0.39, 0.29) is 16.5 Å². The number of anilines is 3. The quantitative estimate of drug-likeness (QED) is 0.225. The third kappa shape index (κ3) is 6.87. The number of amides is 1. The number of sulfonamides is 1. The number of pyridine rings is 2. The van der Waals surface area contributed by atoms with Gasteiger partial charge in [-0.25, -0.2) is 32.1 Å². The number of hydrogen-bond acceptors (Lipinski definition) is 9. The molecule has 13 nitrogen and oxygen atoms in total. The third-order valence-electron chi connectivity index (χ3n) is 6.78. The maximum Gasteiger partial charge on any atom is 0.335 e. The van der Waals surface area contributed by atoms with Gasteiger partial charge < -0.3 is 15.4 Å². The molecular formula is C32H31N7O6S. The summed E-state index contributed by atoms with van der Waals surface area (Å²) in [6.45, 7) is 3.58. The van der Waals surface area contributed by atoms with Crippen LogP contribution in [0.1, 0.15) is 30.2 Å². The summed E-state index contributed by atoms with van der Waals surface area (Å²) in [7, 11) is -0.703.